The molecule has 0 spiro atoms. The van der Waals surface area contributed by atoms with Crippen molar-refractivity contribution in [3.8, 4) is 5.75 Å². The van der Waals surface area contributed by atoms with Gasteiger partial charge in [-0.15, -0.1) is 0 Å². The van der Waals surface area contributed by atoms with Crippen LogP contribution < -0.4 is 4.74 Å². The molecule has 0 amide bonds. The van der Waals surface area contributed by atoms with Crippen molar-refractivity contribution in [3.63, 3.8) is 0 Å². The fourth-order valence-electron chi connectivity index (χ4n) is 2.09. The predicted octanol–water partition coefficient (Wildman–Crippen LogP) is 2.81. The molecule has 0 saturated heterocycles. The first kappa shape index (κ1) is 12.9. The average molecular weight is 250 g/mol. The first-order valence-electron chi connectivity index (χ1n) is 6.18. The van der Waals surface area contributed by atoms with Gasteiger partial charge in [0.25, 0.3) is 0 Å². The molecule has 0 aliphatic heterocycles. The van der Waals surface area contributed by atoms with Crippen LogP contribution in [0, 0.1) is 5.82 Å². The summed E-state index contributed by atoms with van der Waals surface area (Å²) < 4.78 is 19.0. The summed E-state index contributed by atoms with van der Waals surface area (Å²) in [4.78, 5) is 5.23. The van der Waals surface area contributed by atoms with Gasteiger partial charge in [0.05, 0.1) is 12.6 Å². The molecule has 0 fully saturated rings. The smallest absolute Gasteiger partial charge is 0.147 e. The minimum absolute atomic E-state index is 0.235. The third kappa shape index (κ3) is 2.34. The maximum atomic E-state index is 13.7. The number of halogens is 1. The summed E-state index contributed by atoms with van der Waals surface area (Å²) >= 11 is 0. The molecule has 0 saturated carbocycles. The van der Waals surface area contributed by atoms with Gasteiger partial charge < -0.3 is 14.6 Å². The zero-order valence-corrected chi connectivity index (χ0v) is 11.1. The molecule has 0 unspecified atom stereocenters. The summed E-state index contributed by atoms with van der Waals surface area (Å²) in [5, 5.41) is 0.863. The normalized spacial score (nSPS) is 11.4. The lowest BCUT2D eigenvalue weighted by atomic mass is 10.1. The number of ether oxygens (including phenoxy) is 1. The number of fused-ring (bicyclic) bond motifs is 1. The fourth-order valence-corrected chi connectivity index (χ4v) is 2.09. The number of H-pyrrole nitrogens is 1. The summed E-state index contributed by atoms with van der Waals surface area (Å²) in [6.45, 7) is 4.08. The predicted molar refractivity (Wildman–Crippen MR) is 71.7 cm³/mol. The van der Waals surface area contributed by atoms with Gasteiger partial charge in [-0.1, -0.05) is 6.92 Å². The third-order valence-corrected chi connectivity index (χ3v) is 3.35. The Kier molecular flexibility index (Phi) is 3.87. The zero-order chi connectivity index (χ0) is 13.1. The van der Waals surface area contributed by atoms with Crippen LogP contribution in [0.15, 0.2) is 18.3 Å². The minimum atomic E-state index is -0.235. The Balaban J connectivity index is 2.36. The van der Waals surface area contributed by atoms with Gasteiger partial charge >= 0.3 is 0 Å². The molecule has 2 rings (SSSR count). The fraction of sp³-hybridized carbons (Fsp3) is 0.429. The van der Waals surface area contributed by atoms with E-state index in [4.69, 9.17) is 4.74 Å². The quantitative estimate of drug-likeness (QED) is 0.883. The Morgan fingerprint density at radius 2 is 2.17 bits per heavy atom. The second-order valence-corrected chi connectivity index (χ2v) is 4.46. The molecule has 1 aromatic carbocycles. The highest BCUT2D eigenvalue weighted by atomic mass is 19.1. The molecule has 1 N–H and O–H groups in total. The van der Waals surface area contributed by atoms with Gasteiger partial charge in [0.1, 0.15) is 11.6 Å². The first-order chi connectivity index (χ1) is 8.67. The van der Waals surface area contributed by atoms with E-state index in [1.165, 1.54) is 6.07 Å². The standard InChI is InChI=1S/C14H19FN2O/c1-4-17(2)8-7-10-9-16-14-11(15)5-6-12(18-3)13(10)14/h5-6,9,16H,4,7-8H2,1-3H3. The van der Waals surface area contributed by atoms with E-state index in [2.05, 4.69) is 23.9 Å². The number of likely N-dealkylation sites (N-methyl/N-ethyl adjacent to an activating group) is 1. The van der Waals surface area contributed by atoms with Crippen molar-refractivity contribution < 1.29 is 9.13 Å². The Morgan fingerprint density at radius 3 is 2.83 bits per heavy atom. The molecule has 3 nitrogen and oxygen atoms in total. The van der Waals surface area contributed by atoms with Crippen LogP contribution in [0.2, 0.25) is 0 Å². The maximum absolute atomic E-state index is 13.7. The maximum Gasteiger partial charge on any atom is 0.147 e. The van der Waals surface area contributed by atoms with E-state index in [1.807, 2.05) is 6.20 Å². The number of nitrogens with one attached hydrogen (secondary N) is 1. The van der Waals surface area contributed by atoms with E-state index < -0.39 is 0 Å². The Morgan fingerprint density at radius 1 is 1.39 bits per heavy atom. The van der Waals surface area contributed by atoms with Crippen molar-refractivity contribution in [3.05, 3.63) is 29.7 Å². The second kappa shape index (κ2) is 5.40. The van der Waals surface area contributed by atoms with Crippen LogP contribution in [0.25, 0.3) is 10.9 Å². The second-order valence-electron chi connectivity index (χ2n) is 4.46. The summed E-state index contributed by atoms with van der Waals surface area (Å²) in [7, 11) is 3.69. The highest BCUT2D eigenvalue weighted by Gasteiger charge is 2.13. The Labute approximate surface area is 107 Å². The lowest BCUT2D eigenvalue weighted by Crippen LogP contribution is -2.20. The van der Waals surface area contributed by atoms with Crippen LogP contribution in [-0.2, 0) is 6.42 Å². The number of methoxy groups -OCH3 is 1. The number of hydrogen-bond donors (Lipinski definition) is 1. The Bertz CT molecular complexity index is 536. The molecule has 98 valence electrons. The van der Waals surface area contributed by atoms with Gasteiger partial charge in [-0.3, -0.25) is 0 Å². The number of aromatic nitrogens is 1. The molecular formula is C14H19FN2O. The topological polar surface area (TPSA) is 28.3 Å². The molecule has 1 heterocycles. The molecular weight excluding hydrogens is 231 g/mol. The van der Waals surface area contributed by atoms with E-state index in [0.29, 0.717) is 5.52 Å². The van der Waals surface area contributed by atoms with Crippen LogP contribution in [-0.4, -0.2) is 37.1 Å². The van der Waals surface area contributed by atoms with Crippen molar-refractivity contribution in [2.45, 2.75) is 13.3 Å². The van der Waals surface area contributed by atoms with E-state index in [0.717, 1.165) is 36.2 Å². The average Bonchev–Trinajstić information content (AvgIpc) is 2.81. The molecule has 0 radical (unpaired) electrons. The minimum Gasteiger partial charge on any atom is -0.496 e. The molecule has 0 aliphatic carbocycles. The summed E-state index contributed by atoms with van der Waals surface area (Å²) in [6.07, 6.45) is 2.75. The molecule has 18 heavy (non-hydrogen) atoms. The van der Waals surface area contributed by atoms with E-state index >= 15 is 0 Å². The van der Waals surface area contributed by atoms with Crippen LogP contribution in [0.1, 0.15) is 12.5 Å². The van der Waals surface area contributed by atoms with Gasteiger partial charge in [0.15, 0.2) is 0 Å². The first-order valence-corrected chi connectivity index (χ1v) is 6.18. The van der Waals surface area contributed by atoms with E-state index in [1.54, 1.807) is 13.2 Å². The number of rotatable bonds is 5. The molecule has 0 atom stereocenters. The van der Waals surface area contributed by atoms with Gasteiger partial charge in [-0.05, 0) is 37.7 Å². The number of aromatic amines is 1. The molecule has 4 heteroatoms. The molecule has 2 aromatic rings. The van der Waals surface area contributed by atoms with Crippen LogP contribution >= 0.6 is 0 Å². The van der Waals surface area contributed by atoms with Gasteiger partial charge in [0.2, 0.25) is 0 Å². The van der Waals surface area contributed by atoms with Crippen molar-refractivity contribution in [1.29, 1.82) is 0 Å². The van der Waals surface area contributed by atoms with Gasteiger partial charge in [0, 0.05) is 18.1 Å². The molecule has 0 bridgehead atoms. The van der Waals surface area contributed by atoms with E-state index in [-0.39, 0.29) is 5.82 Å². The Hall–Kier alpha value is -1.55. The zero-order valence-electron chi connectivity index (χ0n) is 11.1. The summed E-state index contributed by atoms with van der Waals surface area (Å²) in [5.41, 5.74) is 1.63. The monoisotopic (exact) mass is 250 g/mol. The number of nitrogens with zero attached hydrogens (tertiary/aromatic N) is 1. The van der Waals surface area contributed by atoms with Crippen molar-refractivity contribution in [2.24, 2.45) is 0 Å². The van der Waals surface area contributed by atoms with Crippen molar-refractivity contribution in [1.82, 2.24) is 9.88 Å². The van der Waals surface area contributed by atoms with E-state index in [9.17, 15) is 4.39 Å². The molecule has 1 aromatic heterocycles. The van der Waals surface area contributed by atoms with Gasteiger partial charge in [-0.2, -0.15) is 0 Å². The van der Waals surface area contributed by atoms with Crippen molar-refractivity contribution >= 4 is 10.9 Å². The van der Waals surface area contributed by atoms with Crippen LogP contribution in [0.4, 0.5) is 4.39 Å². The highest BCUT2D eigenvalue weighted by molar-refractivity contribution is 5.89. The van der Waals surface area contributed by atoms with Crippen LogP contribution in [0.5, 0.6) is 5.75 Å². The van der Waals surface area contributed by atoms with Crippen molar-refractivity contribution in [2.75, 3.05) is 27.2 Å². The third-order valence-electron chi connectivity index (χ3n) is 3.35. The summed E-state index contributed by atoms with van der Waals surface area (Å²) in [5.74, 6) is 0.489. The van der Waals surface area contributed by atoms with Crippen LogP contribution in [0.3, 0.4) is 0 Å². The van der Waals surface area contributed by atoms with Gasteiger partial charge in [-0.25, -0.2) is 4.39 Å². The lowest BCUT2D eigenvalue weighted by Gasteiger charge is -2.13. The largest absolute Gasteiger partial charge is 0.496 e. The summed E-state index contributed by atoms with van der Waals surface area (Å²) in [6, 6.07) is 3.11. The highest BCUT2D eigenvalue weighted by Crippen LogP contribution is 2.30. The number of benzene rings is 1. The lowest BCUT2D eigenvalue weighted by molar-refractivity contribution is 0.358. The SMILES string of the molecule is CCN(C)CCc1c[nH]c2c(F)ccc(OC)c12. The molecule has 0 aliphatic rings. The number of hydrogen-bond acceptors (Lipinski definition) is 2.